The Morgan fingerprint density at radius 1 is 1.35 bits per heavy atom. The van der Waals surface area contributed by atoms with Gasteiger partial charge in [-0.25, -0.2) is 4.39 Å². The molecule has 3 N–H and O–H groups in total. The van der Waals surface area contributed by atoms with Crippen LogP contribution in [0.5, 0.6) is 5.75 Å². The van der Waals surface area contributed by atoms with E-state index in [2.05, 4.69) is 0 Å². The zero-order valence-corrected chi connectivity index (χ0v) is 10.2. The van der Waals surface area contributed by atoms with E-state index in [1.807, 2.05) is 0 Å². The topological polar surface area (TPSA) is 59.1 Å². The maximum atomic E-state index is 13.5. The highest BCUT2D eigenvalue weighted by Gasteiger charge is 2.20. The molecular weight excluding hydrogens is 243 g/mol. The number of nitrogens with two attached hydrogens (primary N) is 1. The lowest BCUT2D eigenvalue weighted by molar-refractivity contribution is 0.208. The first-order valence-corrected chi connectivity index (χ1v) is 5.48. The number of hydrogen-bond acceptors (Lipinski definition) is 2. The van der Waals surface area contributed by atoms with Gasteiger partial charge in [-0.3, -0.25) is 5.41 Å². The summed E-state index contributed by atoms with van der Waals surface area (Å²) in [5.41, 5.74) is 5.43. The lowest BCUT2D eigenvalue weighted by Crippen LogP contribution is -2.18. The van der Waals surface area contributed by atoms with Crippen molar-refractivity contribution in [3.8, 4) is 5.75 Å². The standard InChI is InChI=1S/C12H15FN2O.ClH/c13-9-6-3-7-10(11(9)12(14)15)16-8-4-1-2-5-8;/h3,6-8H,1-2,4-5H2,(H3,14,15);1H. The Kier molecular flexibility index (Phi) is 4.75. The van der Waals surface area contributed by atoms with Crippen LogP contribution in [-0.4, -0.2) is 11.9 Å². The third-order valence-electron chi connectivity index (χ3n) is 2.84. The summed E-state index contributed by atoms with van der Waals surface area (Å²) in [7, 11) is 0. The van der Waals surface area contributed by atoms with Crippen LogP contribution in [0.4, 0.5) is 4.39 Å². The van der Waals surface area contributed by atoms with Gasteiger partial charge in [-0.1, -0.05) is 6.07 Å². The molecule has 0 aliphatic heterocycles. The van der Waals surface area contributed by atoms with Crippen LogP contribution in [0.2, 0.25) is 0 Å². The van der Waals surface area contributed by atoms with E-state index >= 15 is 0 Å². The maximum Gasteiger partial charge on any atom is 0.137 e. The Morgan fingerprint density at radius 3 is 2.59 bits per heavy atom. The molecule has 1 aliphatic carbocycles. The van der Waals surface area contributed by atoms with Gasteiger partial charge in [0.05, 0.1) is 11.7 Å². The fraction of sp³-hybridized carbons (Fsp3) is 0.417. The highest BCUT2D eigenvalue weighted by molar-refractivity contribution is 5.97. The third-order valence-corrected chi connectivity index (χ3v) is 2.84. The van der Waals surface area contributed by atoms with E-state index in [9.17, 15) is 4.39 Å². The van der Waals surface area contributed by atoms with Gasteiger partial charge in [0.25, 0.3) is 0 Å². The zero-order valence-electron chi connectivity index (χ0n) is 9.41. The van der Waals surface area contributed by atoms with Crippen molar-refractivity contribution < 1.29 is 9.13 Å². The van der Waals surface area contributed by atoms with Crippen LogP contribution >= 0.6 is 12.4 Å². The van der Waals surface area contributed by atoms with Crippen molar-refractivity contribution in [3.05, 3.63) is 29.6 Å². The minimum Gasteiger partial charge on any atom is -0.490 e. The summed E-state index contributed by atoms with van der Waals surface area (Å²) >= 11 is 0. The number of ether oxygens (including phenoxy) is 1. The summed E-state index contributed by atoms with van der Waals surface area (Å²) < 4.78 is 19.2. The Hall–Kier alpha value is -1.29. The molecule has 2 rings (SSSR count). The second kappa shape index (κ2) is 5.87. The lowest BCUT2D eigenvalue weighted by atomic mass is 10.1. The van der Waals surface area contributed by atoms with E-state index in [-0.39, 0.29) is 29.9 Å². The first-order valence-electron chi connectivity index (χ1n) is 5.48. The Labute approximate surface area is 106 Å². The molecule has 1 fully saturated rings. The molecule has 0 heterocycles. The van der Waals surface area contributed by atoms with Crippen LogP contribution in [0.3, 0.4) is 0 Å². The summed E-state index contributed by atoms with van der Waals surface area (Å²) in [5, 5.41) is 7.35. The fourth-order valence-electron chi connectivity index (χ4n) is 2.05. The van der Waals surface area contributed by atoms with Crippen molar-refractivity contribution in [1.82, 2.24) is 0 Å². The normalized spacial score (nSPS) is 15.4. The minimum atomic E-state index is -0.497. The van der Waals surface area contributed by atoms with E-state index in [0.29, 0.717) is 5.75 Å². The molecule has 0 unspecified atom stereocenters. The molecule has 0 aromatic heterocycles. The van der Waals surface area contributed by atoms with Crippen molar-refractivity contribution >= 4 is 18.2 Å². The number of nitrogens with one attached hydrogen (secondary N) is 1. The molecule has 5 heteroatoms. The van der Waals surface area contributed by atoms with Crippen molar-refractivity contribution in [1.29, 1.82) is 5.41 Å². The molecule has 0 saturated heterocycles. The number of rotatable bonds is 3. The highest BCUT2D eigenvalue weighted by Crippen LogP contribution is 2.27. The van der Waals surface area contributed by atoms with Crippen molar-refractivity contribution in [2.45, 2.75) is 31.8 Å². The second-order valence-electron chi connectivity index (χ2n) is 4.05. The Morgan fingerprint density at radius 2 is 2.00 bits per heavy atom. The van der Waals surface area contributed by atoms with Gasteiger partial charge in [-0.15, -0.1) is 12.4 Å². The van der Waals surface area contributed by atoms with E-state index in [1.165, 1.54) is 6.07 Å². The van der Waals surface area contributed by atoms with Gasteiger partial charge in [0.15, 0.2) is 0 Å². The first kappa shape index (κ1) is 13.8. The summed E-state index contributed by atoms with van der Waals surface area (Å²) in [5.74, 6) is -0.395. The monoisotopic (exact) mass is 258 g/mol. The molecule has 1 saturated carbocycles. The molecule has 3 nitrogen and oxygen atoms in total. The Balaban J connectivity index is 0.00000144. The van der Waals surface area contributed by atoms with E-state index < -0.39 is 5.82 Å². The highest BCUT2D eigenvalue weighted by atomic mass is 35.5. The van der Waals surface area contributed by atoms with Crippen LogP contribution in [0, 0.1) is 11.2 Å². The molecule has 17 heavy (non-hydrogen) atoms. The average Bonchev–Trinajstić information content (AvgIpc) is 2.70. The van der Waals surface area contributed by atoms with E-state index in [0.717, 1.165) is 25.7 Å². The van der Waals surface area contributed by atoms with E-state index in [4.69, 9.17) is 15.9 Å². The summed E-state index contributed by atoms with van der Waals surface area (Å²) in [6.07, 6.45) is 4.42. The summed E-state index contributed by atoms with van der Waals surface area (Å²) in [6, 6.07) is 4.53. The molecule has 1 aromatic rings. The van der Waals surface area contributed by atoms with Gasteiger partial charge < -0.3 is 10.5 Å². The first-order chi connectivity index (χ1) is 7.68. The van der Waals surface area contributed by atoms with Crippen molar-refractivity contribution in [3.63, 3.8) is 0 Å². The summed E-state index contributed by atoms with van der Waals surface area (Å²) in [4.78, 5) is 0. The predicted octanol–water partition coefficient (Wildman–Crippen LogP) is 2.85. The molecule has 94 valence electrons. The number of nitrogen functional groups attached to an aromatic ring is 1. The SMILES string of the molecule is Cl.N=C(N)c1c(F)cccc1OC1CCCC1. The van der Waals surface area contributed by atoms with Crippen molar-refractivity contribution in [2.75, 3.05) is 0 Å². The molecule has 0 spiro atoms. The molecule has 1 aliphatic rings. The minimum absolute atomic E-state index is 0. The van der Waals surface area contributed by atoms with Gasteiger partial charge in [0.1, 0.15) is 17.4 Å². The fourth-order valence-corrected chi connectivity index (χ4v) is 2.05. The third kappa shape index (κ3) is 3.09. The largest absolute Gasteiger partial charge is 0.490 e. The summed E-state index contributed by atoms with van der Waals surface area (Å²) in [6.45, 7) is 0. The van der Waals surface area contributed by atoms with Gasteiger partial charge in [0.2, 0.25) is 0 Å². The predicted molar refractivity (Wildman–Crippen MR) is 67.5 cm³/mol. The van der Waals surface area contributed by atoms with Crippen LogP contribution < -0.4 is 10.5 Å². The zero-order chi connectivity index (χ0) is 11.5. The molecule has 0 radical (unpaired) electrons. The molecular formula is C12H16ClFN2O. The van der Waals surface area contributed by atoms with Gasteiger partial charge in [-0.2, -0.15) is 0 Å². The second-order valence-corrected chi connectivity index (χ2v) is 4.05. The maximum absolute atomic E-state index is 13.5. The molecule has 1 aromatic carbocycles. The molecule has 0 bridgehead atoms. The number of halogens is 2. The van der Waals surface area contributed by atoms with Crippen LogP contribution in [0.15, 0.2) is 18.2 Å². The number of hydrogen-bond donors (Lipinski definition) is 2. The molecule has 0 atom stereocenters. The number of benzene rings is 1. The van der Waals surface area contributed by atoms with Gasteiger partial charge in [0, 0.05) is 0 Å². The van der Waals surface area contributed by atoms with Crippen LogP contribution in [0.25, 0.3) is 0 Å². The van der Waals surface area contributed by atoms with Crippen molar-refractivity contribution in [2.24, 2.45) is 5.73 Å². The van der Waals surface area contributed by atoms with Crippen LogP contribution in [-0.2, 0) is 0 Å². The average molecular weight is 259 g/mol. The molecule has 0 amide bonds. The quantitative estimate of drug-likeness (QED) is 0.647. The smallest absolute Gasteiger partial charge is 0.137 e. The Bertz CT molecular complexity index is 405. The number of amidine groups is 1. The van der Waals surface area contributed by atoms with Gasteiger partial charge in [-0.05, 0) is 37.8 Å². The lowest BCUT2D eigenvalue weighted by Gasteiger charge is -2.16. The van der Waals surface area contributed by atoms with Crippen LogP contribution in [0.1, 0.15) is 31.2 Å². The van der Waals surface area contributed by atoms with Gasteiger partial charge >= 0.3 is 0 Å². The van der Waals surface area contributed by atoms with E-state index in [1.54, 1.807) is 12.1 Å².